The van der Waals surface area contributed by atoms with Gasteiger partial charge in [0, 0.05) is 31.0 Å². The first kappa shape index (κ1) is 9.86. The number of imidazole rings is 1. The molecule has 4 nitrogen and oxygen atoms in total. The van der Waals surface area contributed by atoms with Gasteiger partial charge in [0.05, 0.1) is 11.9 Å². The van der Waals surface area contributed by atoms with E-state index in [1.807, 2.05) is 36.9 Å². The standard InChI is InChI=1S/C11H14N4/c1-8(12)10-7-14-11(15(10)2)9-4-3-5-13-6-9/h3-8H,12H2,1-2H3. The van der Waals surface area contributed by atoms with Crippen molar-refractivity contribution in [3.8, 4) is 11.4 Å². The summed E-state index contributed by atoms with van der Waals surface area (Å²) in [5, 5.41) is 0. The zero-order chi connectivity index (χ0) is 10.8. The monoisotopic (exact) mass is 202 g/mol. The predicted molar refractivity (Wildman–Crippen MR) is 59.0 cm³/mol. The van der Waals surface area contributed by atoms with Gasteiger partial charge in [-0.15, -0.1) is 0 Å². The Balaban J connectivity index is 2.47. The molecule has 0 amide bonds. The van der Waals surface area contributed by atoms with Crippen LogP contribution >= 0.6 is 0 Å². The Kier molecular flexibility index (Phi) is 2.51. The molecule has 15 heavy (non-hydrogen) atoms. The van der Waals surface area contributed by atoms with Gasteiger partial charge >= 0.3 is 0 Å². The maximum absolute atomic E-state index is 5.83. The molecule has 2 aromatic rings. The molecular weight excluding hydrogens is 188 g/mol. The number of pyridine rings is 1. The van der Waals surface area contributed by atoms with Crippen molar-refractivity contribution >= 4 is 0 Å². The van der Waals surface area contributed by atoms with E-state index in [2.05, 4.69) is 9.97 Å². The second kappa shape index (κ2) is 3.82. The summed E-state index contributed by atoms with van der Waals surface area (Å²) in [4.78, 5) is 8.42. The molecule has 0 saturated carbocycles. The lowest BCUT2D eigenvalue weighted by Crippen LogP contribution is -2.10. The van der Waals surface area contributed by atoms with E-state index < -0.39 is 0 Å². The Bertz CT molecular complexity index is 445. The molecule has 0 radical (unpaired) electrons. The summed E-state index contributed by atoms with van der Waals surface area (Å²) in [6, 6.07) is 3.88. The third-order valence-electron chi connectivity index (χ3n) is 2.41. The lowest BCUT2D eigenvalue weighted by molar-refractivity contribution is 0.718. The molecule has 0 fully saturated rings. The minimum atomic E-state index is -0.00655. The lowest BCUT2D eigenvalue weighted by Gasteiger charge is -2.08. The van der Waals surface area contributed by atoms with Crippen LogP contribution in [-0.2, 0) is 7.05 Å². The Morgan fingerprint density at radius 3 is 2.73 bits per heavy atom. The maximum atomic E-state index is 5.83. The third-order valence-corrected chi connectivity index (χ3v) is 2.41. The van der Waals surface area contributed by atoms with Crippen LogP contribution in [0.4, 0.5) is 0 Å². The van der Waals surface area contributed by atoms with Gasteiger partial charge in [0.25, 0.3) is 0 Å². The number of rotatable bonds is 2. The molecule has 1 atom stereocenters. The minimum Gasteiger partial charge on any atom is -0.330 e. The highest BCUT2D eigenvalue weighted by molar-refractivity contribution is 5.54. The highest BCUT2D eigenvalue weighted by Crippen LogP contribution is 2.19. The molecule has 4 heteroatoms. The number of aromatic nitrogens is 3. The van der Waals surface area contributed by atoms with Gasteiger partial charge in [0.15, 0.2) is 0 Å². The number of nitrogens with two attached hydrogens (primary N) is 1. The summed E-state index contributed by atoms with van der Waals surface area (Å²) >= 11 is 0. The molecule has 0 aliphatic rings. The van der Waals surface area contributed by atoms with Crippen LogP contribution in [0.15, 0.2) is 30.7 Å². The maximum Gasteiger partial charge on any atom is 0.141 e. The topological polar surface area (TPSA) is 56.7 Å². The highest BCUT2D eigenvalue weighted by Gasteiger charge is 2.10. The summed E-state index contributed by atoms with van der Waals surface area (Å²) in [5.41, 5.74) is 7.86. The molecule has 0 aliphatic heterocycles. The van der Waals surface area contributed by atoms with Gasteiger partial charge in [-0.25, -0.2) is 4.98 Å². The van der Waals surface area contributed by atoms with Crippen LogP contribution in [0, 0.1) is 0 Å². The van der Waals surface area contributed by atoms with Crippen LogP contribution in [0.5, 0.6) is 0 Å². The summed E-state index contributed by atoms with van der Waals surface area (Å²) in [6.45, 7) is 1.95. The van der Waals surface area contributed by atoms with Gasteiger partial charge in [-0.1, -0.05) is 0 Å². The Morgan fingerprint density at radius 2 is 2.20 bits per heavy atom. The first-order valence-corrected chi connectivity index (χ1v) is 4.87. The fourth-order valence-corrected chi connectivity index (χ4v) is 1.61. The molecule has 2 aromatic heterocycles. The van der Waals surface area contributed by atoms with Gasteiger partial charge in [-0.2, -0.15) is 0 Å². The second-order valence-electron chi connectivity index (χ2n) is 3.60. The van der Waals surface area contributed by atoms with Crippen molar-refractivity contribution in [2.24, 2.45) is 12.8 Å². The van der Waals surface area contributed by atoms with Gasteiger partial charge in [0.2, 0.25) is 0 Å². The molecule has 0 bridgehead atoms. The van der Waals surface area contributed by atoms with Crippen molar-refractivity contribution in [3.63, 3.8) is 0 Å². The molecule has 2 rings (SSSR count). The first-order chi connectivity index (χ1) is 7.20. The van der Waals surface area contributed by atoms with E-state index in [4.69, 9.17) is 5.73 Å². The van der Waals surface area contributed by atoms with E-state index in [9.17, 15) is 0 Å². The van der Waals surface area contributed by atoms with Crippen molar-refractivity contribution in [1.82, 2.24) is 14.5 Å². The third kappa shape index (κ3) is 1.76. The molecule has 0 aliphatic carbocycles. The predicted octanol–water partition coefficient (Wildman–Crippen LogP) is 1.50. The SMILES string of the molecule is CC(N)c1cnc(-c2cccnc2)n1C. The van der Waals surface area contributed by atoms with Crippen molar-refractivity contribution in [1.29, 1.82) is 0 Å². The zero-order valence-corrected chi connectivity index (χ0v) is 8.88. The van der Waals surface area contributed by atoms with Crippen LogP contribution in [0.25, 0.3) is 11.4 Å². The summed E-state index contributed by atoms with van der Waals surface area (Å²) in [5.74, 6) is 0.899. The van der Waals surface area contributed by atoms with E-state index in [1.165, 1.54) is 0 Å². The summed E-state index contributed by atoms with van der Waals surface area (Å²) < 4.78 is 2.00. The fourth-order valence-electron chi connectivity index (χ4n) is 1.61. The van der Waals surface area contributed by atoms with E-state index >= 15 is 0 Å². The Labute approximate surface area is 88.8 Å². The van der Waals surface area contributed by atoms with E-state index in [-0.39, 0.29) is 6.04 Å². The molecule has 2 heterocycles. The van der Waals surface area contributed by atoms with Crippen molar-refractivity contribution < 1.29 is 0 Å². The summed E-state index contributed by atoms with van der Waals surface area (Å²) in [7, 11) is 1.97. The normalized spacial score (nSPS) is 12.7. The fraction of sp³-hybridized carbons (Fsp3) is 0.273. The Hall–Kier alpha value is -1.68. The molecule has 78 valence electrons. The molecule has 2 N–H and O–H groups in total. The van der Waals surface area contributed by atoms with Crippen LogP contribution in [0.3, 0.4) is 0 Å². The van der Waals surface area contributed by atoms with Crippen LogP contribution in [0.2, 0.25) is 0 Å². The van der Waals surface area contributed by atoms with Crippen molar-refractivity contribution in [3.05, 3.63) is 36.4 Å². The van der Waals surface area contributed by atoms with Crippen molar-refractivity contribution in [2.45, 2.75) is 13.0 Å². The van der Waals surface area contributed by atoms with Gasteiger partial charge in [-0.05, 0) is 19.1 Å². The Morgan fingerprint density at radius 1 is 1.40 bits per heavy atom. The van der Waals surface area contributed by atoms with Crippen LogP contribution < -0.4 is 5.73 Å². The second-order valence-corrected chi connectivity index (χ2v) is 3.60. The number of nitrogens with zero attached hydrogens (tertiary/aromatic N) is 3. The largest absolute Gasteiger partial charge is 0.330 e. The molecule has 0 saturated heterocycles. The van der Waals surface area contributed by atoms with Gasteiger partial charge in [-0.3, -0.25) is 4.98 Å². The zero-order valence-electron chi connectivity index (χ0n) is 8.88. The molecule has 1 unspecified atom stereocenters. The van der Waals surface area contributed by atoms with Crippen LogP contribution in [-0.4, -0.2) is 14.5 Å². The average molecular weight is 202 g/mol. The van der Waals surface area contributed by atoms with Crippen molar-refractivity contribution in [2.75, 3.05) is 0 Å². The first-order valence-electron chi connectivity index (χ1n) is 4.87. The highest BCUT2D eigenvalue weighted by atomic mass is 15.1. The molecule has 0 aromatic carbocycles. The van der Waals surface area contributed by atoms with E-state index in [1.54, 1.807) is 12.4 Å². The summed E-state index contributed by atoms with van der Waals surface area (Å²) in [6.07, 6.45) is 5.36. The van der Waals surface area contributed by atoms with E-state index in [0.717, 1.165) is 17.1 Å². The molecule has 0 spiro atoms. The molecular formula is C11H14N4. The lowest BCUT2D eigenvalue weighted by atomic mass is 10.2. The number of hydrogen-bond donors (Lipinski definition) is 1. The number of hydrogen-bond acceptors (Lipinski definition) is 3. The quantitative estimate of drug-likeness (QED) is 0.803. The van der Waals surface area contributed by atoms with Gasteiger partial charge in [0.1, 0.15) is 5.82 Å². The average Bonchev–Trinajstić information content (AvgIpc) is 2.61. The van der Waals surface area contributed by atoms with E-state index in [0.29, 0.717) is 0 Å². The van der Waals surface area contributed by atoms with Gasteiger partial charge < -0.3 is 10.3 Å². The minimum absolute atomic E-state index is 0.00655. The van der Waals surface area contributed by atoms with Crippen LogP contribution in [0.1, 0.15) is 18.7 Å². The smallest absolute Gasteiger partial charge is 0.141 e.